The Labute approximate surface area is 147 Å². The number of likely N-dealkylation sites (tertiary alicyclic amines) is 1. The van der Waals surface area contributed by atoms with Gasteiger partial charge in [0.15, 0.2) is 0 Å². The summed E-state index contributed by atoms with van der Waals surface area (Å²) in [5, 5.41) is 0. The van der Waals surface area contributed by atoms with Crippen molar-refractivity contribution < 1.29 is 14.3 Å². The number of pyridine rings is 1. The number of benzene rings is 1. The van der Waals surface area contributed by atoms with Crippen molar-refractivity contribution in [1.82, 2.24) is 9.88 Å². The van der Waals surface area contributed by atoms with Crippen LogP contribution in [0.1, 0.15) is 23.2 Å². The average molecular weight is 338 g/mol. The number of fused-ring (bicyclic) bond motifs is 1. The fraction of sp³-hybridized carbons (Fsp3) is 0.400. The number of hydrogen-bond acceptors (Lipinski definition) is 4. The molecule has 0 spiro atoms. The van der Waals surface area contributed by atoms with Crippen LogP contribution in [0.5, 0.6) is 11.6 Å². The molecule has 25 heavy (non-hydrogen) atoms. The van der Waals surface area contributed by atoms with Gasteiger partial charge in [-0.15, -0.1) is 0 Å². The minimum atomic E-state index is 0.0445. The van der Waals surface area contributed by atoms with Crippen LogP contribution >= 0.6 is 0 Å². The minimum Gasteiger partial charge on any atom is -0.490 e. The van der Waals surface area contributed by atoms with Gasteiger partial charge in [-0.25, -0.2) is 4.98 Å². The smallest absolute Gasteiger partial charge is 0.255 e. The molecule has 1 amide bonds. The summed E-state index contributed by atoms with van der Waals surface area (Å²) in [6.07, 6.45) is 3.97. The van der Waals surface area contributed by atoms with E-state index in [9.17, 15) is 4.79 Å². The molecule has 1 aliphatic carbocycles. The summed E-state index contributed by atoms with van der Waals surface area (Å²) in [6, 6.07) is 13.5. The number of rotatable bonds is 4. The molecule has 2 fully saturated rings. The van der Waals surface area contributed by atoms with Crippen LogP contribution in [-0.4, -0.2) is 42.1 Å². The fourth-order valence-corrected chi connectivity index (χ4v) is 4.01. The van der Waals surface area contributed by atoms with Crippen LogP contribution in [0.2, 0.25) is 0 Å². The highest BCUT2D eigenvalue weighted by Gasteiger charge is 2.45. The van der Waals surface area contributed by atoms with Gasteiger partial charge in [0, 0.05) is 31.3 Å². The van der Waals surface area contributed by atoms with Gasteiger partial charge in [0.05, 0.1) is 12.7 Å². The van der Waals surface area contributed by atoms with Gasteiger partial charge in [-0.05, 0) is 37.0 Å². The topological polar surface area (TPSA) is 51.7 Å². The van der Waals surface area contributed by atoms with Gasteiger partial charge in [-0.2, -0.15) is 0 Å². The summed E-state index contributed by atoms with van der Waals surface area (Å²) in [5.74, 6) is 2.42. The molecular weight excluding hydrogens is 316 g/mol. The van der Waals surface area contributed by atoms with Gasteiger partial charge in [0.25, 0.3) is 5.91 Å². The lowest BCUT2D eigenvalue weighted by atomic mass is 9.99. The lowest BCUT2D eigenvalue weighted by molar-refractivity contribution is 0.0762. The predicted octanol–water partition coefficient (Wildman–Crippen LogP) is 3.02. The number of methoxy groups -OCH3 is 1. The van der Waals surface area contributed by atoms with Crippen molar-refractivity contribution in [3.63, 3.8) is 0 Å². The summed E-state index contributed by atoms with van der Waals surface area (Å²) in [7, 11) is 1.57. The van der Waals surface area contributed by atoms with E-state index in [1.807, 2.05) is 35.2 Å². The lowest BCUT2D eigenvalue weighted by Crippen LogP contribution is -2.32. The Hall–Kier alpha value is -2.56. The highest BCUT2D eigenvalue weighted by molar-refractivity contribution is 5.94. The largest absolute Gasteiger partial charge is 0.490 e. The van der Waals surface area contributed by atoms with E-state index in [1.165, 1.54) is 0 Å². The first-order valence-electron chi connectivity index (χ1n) is 8.75. The highest BCUT2D eigenvalue weighted by Crippen LogP contribution is 2.40. The first kappa shape index (κ1) is 15.9. The summed E-state index contributed by atoms with van der Waals surface area (Å²) in [5.41, 5.74) is 0.612. The minimum absolute atomic E-state index is 0.0445. The van der Waals surface area contributed by atoms with E-state index in [2.05, 4.69) is 4.98 Å². The summed E-state index contributed by atoms with van der Waals surface area (Å²) >= 11 is 0. The van der Waals surface area contributed by atoms with Gasteiger partial charge in [0.1, 0.15) is 11.9 Å². The van der Waals surface area contributed by atoms with E-state index in [0.29, 0.717) is 23.3 Å². The van der Waals surface area contributed by atoms with Gasteiger partial charge in [-0.1, -0.05) is 18.2 Å². The zero-order valence-corrected chi connectivity index (χ0v) is 14.3. The Morgan fingerprint density at radius 1 is 1.12 bits per heavy atom. The molecule has 4 rings (SSSR count). The molecule has 5 nitrogen and oxygen atoms in total. The normalized spacial score (nSPS) is 24.8. The SMILES string of the molecule is COc1ccc(C(=O)N2C[C@@H]3CC[C@H](Oc4ccccc4)[C@@H]3C2)cn1. The van der Waals surface area contributed by atoms with Crippen LogP contribution in [0.3, 0.4) is 0 Å². The Kier molecular flexibility index (Phi) is 4.30. The molecule has 1 saturated carbocycles. The monoisotopic (exact) mass is 338 g/mol. The second kappa shape index (κ2) is 6.75. The Morgan fingerprint density at radius 2 is 1.96 bits per heavy atom. The van der Waals surface area contributed by atoms with Crippen LogP contribution in [-0.2, 0) is 0 Å². The standard InChI is InChI=1S/C20H22N2O3/c1-24-19-10-8-14(11-21-19)20(23)22-12-15-7-9-18(17(15)13-22)25-16-5-3-2-4-6-16/h2-6,8,10-11,15,17-18H,7,9,12-13H2,1H3/t15-,17+,18-/m0/s1. The molecule has 2 aliphatic rings. The van der Waals surface area contributed by atoms with Gasteiger partial charge in [-0.3, -0.25) is 4.79 Å². The van der Waals surface area contributed by atoms with Crippen molar-refractivity contribution in [3.8, 4) is 11.6 Å². The third kappa shape index (κ3) is 3.18. The average Bonchev–Trinajstić information content (AvgIpc) is 3.24. The third-order valence-corrected chi connectivity index (χ3v) is 5.30. The van der Waals surface area contributed by atoms with Crippen LogP contribution in [0.4, 0.5) is 0 Å². The molecular formula is C20H22N2O3. The first-order valence-corrected chi connectivity index (χ1v) is 8.75. The maximum Gasteiger partial charge on any atom is 0.255 e. The predicted molar refractivity (Wildman–Crippen MR) is 93.8 cm³/mol. The molecule has 1 aromatic heterocycles. The number of para-hydroxylation sites is 1. The number of nitrogens with zero attached hydrogens (tertiary/aromatic N) is 2. The Bertz CT molecular complexity index is 732. The molecule has 0 unspecified atom stereocenters. The maximum absolute atomic E-state index is 12.7. The van der Waals surface area contributed by atoms with Crippen LogP contribution in [0.25, 0.3) is 0 Å². The van der Waals surface area contributed by atoms with Crippen molar-refractivity contribution in [3.05, 3.63) is 54.2 Å². The van der Waals surface area contributed by atoms with Gasteiger partial charge in [0.2, 0.25) is 5.88 Å². The van der Waals surface area contributed by atoms with Crippen molar-refractivity contribution in [2.24, 2.45) is 11.8 Å². The quantitative estimate of drug-likeness (QED) is 0.860. The summed E-state index contributed by atoms with van der Waals surface area (Å²) in [4.78, 5) is 18.8. The molecule has 3 atom stereocenters. The molecule has 1 saturated heterocycles. The molecule has 130 valence electrons. The van der Waals surface area contributed by atoms with E-state index in [4.69, 9.17) is 9.47 Å². The number of carbonyl (C=O) groups is 1. The van der Waals surface area contributed by atoms with Crippen LogP contribution < -0.4 is 9.47 Å². The molecule has 1 aromatic carbocycles. The van der Waals surface area contributed by atoms with E-state index in [-0.39, 0.29) is 12.0 Å². The number of carbonyl (C=O) groups excluding carboxylic acids is 1. The third-order valence-electron chi connectivity index (χ3n) is 5.30. The number of ether oxygens (including phenoxy) is 2. The van der Waals surface area contributed by atoms with Crippen molar-refractivity contribution in [2.75, 3.05) is 20.2 Å². The van der Waals surface area contributed by atoms with E-state index in [1.54, 1.807) is 25.4 Å². The highest BCUT2D eigenvalue weighted by atomic mass is 16.5. The van der Waals surface area contributed by atoms with Crippen molar-refractivity contribution >= 4 is 5.91 Å². The van der Waals surface area contributed by atoms with Crippen LogP contribution in [0.15, 0.2) is 48.7 Å². The molecule has 0 radical (unpaired) electrons. The molecule has 0 N–H and O–H groups in total. The first-order chi connectivity index (χ1) is 12.2. The lowest BCUT2D eigenvalue weighted by Gasteiger charge is -2.22. The summed E-state index contributed by atoms with van der Waals surface area (Å²) < 4.78 is 11.2. The molecule has 1 aliphatic heterocycles. The second-order valence-corrected chi connectivity index (χ2v) is 6.77. The molecule has 0 bridgehead atoms. The van der Waals surface area contributed by atoms with E-state index in [0.717, 1.165) is 31.7 Å². The van der Waals surface area contributed by atoms with Gasteiger partial charge >= 0.3 is 0 Å². The van der Waals surface area contributed by atoms with E-state index >= 15 is 0 Å². The van der Waals surface area contributed by atoms with E-state index < -0.39 is 0 Å². The molecule has 2 heterocycles. The van der Waals surface area contributed by atoms with Crippen molar-refractivity contribution in [2.45, 2.75) is 18.9 Å². The van der Waals surface area contributed by atoms with Crippen molar-refractivity contribution in [1.29, 1.82) is 0 Å². The molecule has 5 heteroatoms. The number of amides is 1. The second-order valence-electron chi connectivity index (χ2n) is 6.77. The number of hydrogen-bond donors (Lipinski definition) is 0. The number of aromatic nitrogens is 1. The Balaban J connectivity index is 1.42. The van der Waals surface area contributed by atoms with Crippen LogP contribution in [0, 0.1) is 11.8 Å². The maximum atomic E-state index is 12.7. The zero-order chi connectivity index (χ0) is 17.2. The Morgan fingerprint density at radius 3 is 2.68 bits per heavy atom. The zero-order valence-electron chi connectivity index (χ0n) is 14.3. The summed E-state index contributed by atoms with van der Waals surface area (Å²) in [6.45, 7) is 1.57. The van der Waals surface area contributed by atoms with Gasteiger partial charge < -0.3 is 14.4 Å². The molecule has 2 aromatic rings. The fourth-order valence-electron chi connectivity index (χ4n) is 4.01.